The second-order valence-corrected chi connectivity index (χ2v) is 5.23. The normalized spacial score (nSPS) is 10.3. The third kappa shape index (κ3) is 2.71. The molecular formula is C12H10FNS2. The van der Waals surface area contributed by atoms with Crippen LogP contribution < -0.4 is 0 Å². The van der Waals surface area contributed by atoms with Gasteiger partial charge in [-0.1, -0.05) is 17.8 Å². The van der Waals surface area contributed by atoms with Crippen molar-refractivity contribution >= 4 is 23.1 Å². The summed E-state index contributed by atoms with van der Waals surface area (Å²) in [5.74, 6) is 0.636. The van der Waals surface area contributed by atoms with E-state index in [9.17, 15) is 4.39 Å². The van der Waals surface area contributed by atoms with Gasteiger partial charge in [-0.25, -0.2) is 9.37 Å². The van der Waals surface area contributed by atoms with Gasteiger partial charge in [0.15, 0.2) is 4.34 Å². The number of hydrogen-bond acceptors (Lipinski definition) is 3. The number of thiazole rings is 1. The zero-order valence-electron chi connectivity index (χ0n) is 8.52. The van der Waals surface area contributed by atoms with Crippen LogP contribution in [0.1, 0.15) is 0 Å². The van der Waals surface area contributed by atoms with E-state index in [-0.39, 0.29) is 5.82 Å². The van der Waals surface area contributed by atoms with Gasteiger partial charge in [0.1, 0.15) is 5.82 Å². The second-order valence-electron chi connectivity index (χ2n) is 3.11. The van der Waals surface area contributed by atoms with Crippen LogP contribution in [0.3, 0.4) is 0 Å². The number of halogens is 1. The van der Waals surface area contributed by atoms with Crippen LogP contribution in [0.25, 0.3) is 11.3 Å². The van der Waals surface area contributed by atoms with E-state index in [4.69, 9.17) is 0 Å². The van der Waals surface area contributed by atoms with E-state index >= 15 is 0 Å². The van der Waals surface area contributed by atoms with Crippen molar-refractivity contribution in [2.24, 2.45) is 0 Å². The van der Waals surface area contributed by atoms with Crippen molar-refractivity contribution in [3.63, 3.8) is 0 Å². The summed E-state index contributed by atoms with van der Waals surface area (Å²) >= 11 is 3.25. The van der Waals surface area contributed by atoms with Crippen molar-refractivity contribution < 1.29 is 4.39 Å². The third-order valence-electron chi connectivity index (χ3n) is 1.95. The van der Waals surface area contributed by atoms with Crippen molar-refractivity contribution in [1.29, 1.82) is 0 Å². The maximum absolute atomic E-state index is 12.7. The first-order chi connectivity index (χ1) is 7.79. The molecule has 0 atom stereocenters. The van der Waals surface area contributed by atoms with Crippen LogP contribution >= 0.6 is 23.1 Å². The summed E-state index contributed by atoms with van der Waals surface area (Å²) in [6, 6.07) is 6.38. The Morgan fingerprint density at radius 2 is 2.12 bits per heavy atom. The van der Waals surface area contributed by atoms with Crippen molar-refractivity contribution in [3.05, 3.63) is 48.1 Å². The molecule has 0 saturated heterocycles. The molecule has 82 valence electrons. The zero-order valence-corrected chi connectivity index (χ0v) is 10.2. The van der Waals surface area contributed by atoms with Gasteiger partial charge >= 0.3 is 0 Å². The Kier molecular flexibility index (Phi) is 3.74. The molecule has 2 aromatic rings. The fourth-order valence-electron chi connectivity index (χ4n) is 1.21. The molecule has 1 nitrogen and oxygen atoms in total. The molecule has 0 radical (unpaired) electrons. The Balaban J connectivity index is 2.17. The van der Waals surface area contributed by atoms with Crippen molar-refractivity contribution in [1.82, 2.24) is 4.98 Å². The molecule has 0 N–H and O–H groups in total. The van der Waals surface area contributed by atoms with Crippen LogP contribution in [0.4, 0.5) is 4.39 Å². The fourth-order valence-corrected chi connectivity index (χ4v) is 2.80. The lowest BCUT2D eigenvalue weighted by atomic mass is 10.2. The fraction of sp³-hybridized carbons (Fsp3) is 0.0833. The van der Waals surface area contributed by atoms with Gasteiger partial charge in [0, 0.05) is 16.7 Å². The minimum atomic E-state index is -0.222. The van der Waals surface area contributed by atoms with Crippen LogP contribution in [0.15, 0.2) is 46.6 Å². The monoisotopic (exact) mass is 251 g/mol. The Morgan fingerprint density at radius 3 is 2.81 bits per heavy atom. The molecule has 1 heterocycles. The molecular weight excluding hydrogens is 241 g/mol. The summed E-state index contributed by atoms with van der Waals surface area (Å²) in [4.78, 5) is 4.46. The molecule has 0 spiro atoms. The van der Waals surface area contributed by atoms with Gasteiger partial charge in [-0.05, 0) is 24.3 Å². The quantitative estimate of drug-likeness (QED) is 0.596. The van der Waals surface area contributed by atoms with E-state index in [0.29, 0.717) is 0 Å². The van der Waals surface area contributed by atoms with E-state index < -0.39 is 0 Å². The first kappa shape index (κ1) is 11.4. The van der Waals surface area contributed by atoms with Gasteiger partial charge in [-0.15, -0.1) is 17.9 Å². The first-order valence-corrected chi connectivity index (χ1v) is 6.61. The largest absolute Gasteiger partial charge is 0.230 e. The van der Waals surface area contributed by atoms with Crippen LogP contribution in [-0.4, -0.2) is 10.7 Å². The lowest BCUT2D eigenvalue weighted by Crippen LogP contribution is -1.79. The van der Waals surface area contributed by atoms with Gasteiger partial charge in [0.05, 0.1) is 5.69 Å². The number of hydrogen-bond donors (Lipinski definition) is 0. The van der Waals surface area contributed by atoms with E-state index in [1.165, 1.54) is 12.1 Å². The zero-order chi connectivity index (χ0) is 11.4. The van der Waals surface area contributed by atoms with Crippen LogP contribution in [0, 0.1) is 5.82 Å². The summed E-state index contributed by atoms with van der Waals surface area (Å²) < 4.78 is 13.8. The van der Waals surface area contributed by atoms with Crippen LogP contribution in [0.5, 0.6) is 0 Å². The van der Waals surface area contributed by atoms with Gasteiger partial charge in [-0.2, -0.15) is 0 Å². The number of aromatic nitrogens is 1. The molecule has 0 aliphatic carbocycles. The SMILES string of the molecule is C=CCSc1nc(-c2ccc(F)cc2)cs1. The molecule has 1 aromatic carbocycles. The summed E-state index contributed by atoms with van der Waals surface area (Å²) in [5, 5.41) is 1.98. The highest BCUT2D eigenvalue weighted by molar-refractivity contribution is 8.01. The van der Waals surface area contributed by atoms with Gasteiger partial charge in [-0.3, -0.25) is 0 Å². The molecule has 0 fully saturated rings. The molecule has 0 bridgehead atoms. The van der Waals surface area contributed by atoms with Crippen molar-refractivity contribution in [2.75, 3.05) is 5.75 Å². The molecule has 0 aliphatic rings. The number of benzene rings is 1. The second kappa shape index (κ2) is 5.27. The number of rotatable bonds is 4. The summed E-state index contributed by atoms with van der Waals surface area (Å²) in [6.45, 7) is 3.66. The van der Waals surface area contributed by atoms with Gasteiger partial charge < -0.3 is 0 Å². The van der Waals surface area contributed by atoms with E-state index in [0.717, 1.165) is 21.3 Å². The minimum Gasteiger partial charge on any atom is -0.230 e. The smallest absolute Gasteiger partial charge is 0.150 e. The maximum atomic E-state index is 12.7. The standard InChI is InChI=1S/C12H10FNS2/c1-2-7-15-12-14-11(8-16-12)9-3-5-10(13)6-4-9/h2-6,8H,1,7H2. The van der Waals surface area contributed by atoms with E-state index in [1.807, 2.05) is 11.5 Å². The molecule has 0 amide bonds. The molecule has 0 aliphatic heterocycles. The minimum absolute atomic E-state index is 0.222. The molecule has 1 aromatic heterocycles. The van der Waals surface area contributed by atoms with Crippen LogP contribution in [0.2, 0.25) is 0 Å². The topological polar surface area (TPSA) is 12.9 Å². The lowest BCUT2D eigenvalue weighted by molar-refractivity contribution is 0.628. The predicted octanol–water partition coefficient (Wildman–Crippen LogP) is 4.23. The number of thioether (sulfide) groups is 1. The highest BCUT2D eigenvalue weighted by atomic mass is 32.2. The van der Waals surface area contributed by atoms with Crippen molar-refractivity contribution in [2.45, 2.75) is 4.34 Å². The Labute approximate surface area is 102 Å². The highest BCUT2D eigenvalue weighted by Gasteiger charge is 2.04. The van der Waals surface area contributed by atoms with Crippen LogP contribution in [-0.2, 0) is 0 Å². The molecule has 0 unspecified atom stereocenters. The van der Waals surface area contributed by atoms with E-state index in [2.05, 4.69) is 11.6 Å². The Morgan fingerprint density at radius 1 is 1.38 bits per heavy atom. The number of nitrogens with zero attached hydrogens (tertiary/aromatic N) is 1. The molecule has 16 heavy (non-hydrogen) atoms. The lowest BCUT2D eigenvalue weighted by Gasteiger charge is -1.95. The predicted molar refractivity (Wildman–Crippen MR) is 68.4 cm³/mol. The maximum Gasteiger partial charge on any atom is 0.150 e. The van der Waals surface area contributed by atoms with Gasteiger partial charge in [0.25, 0.3) is 0 Å². The average Bonchev–Trinajstić information content (AvgIpc) is 2.76. The van der Waals surface area contributed by atoms with Crippen molar-refractivity contribution in [3.8, 4) is 11.3 Å². The first-order valence-electron chi connectivity index (χ1n) is 4.75. The highest BCUT2D eigenvalue weighted by Crippen LogP contribution is 2.28. The van der Waals surface area contributed by atoms with Gasteiger partial charge in [0.2, 0.25) is 0 Å². The molecule has 0 saturated carbocycles. The van der Waals surface area contributed by atoms with E-state index in [1.54, 1.807) is 35.2 Å². The average molecular weight is 251 g/mol. The molecule has 4 heteroatoms. The third-order valence-corrected chi connectivity index (χ3v) is 3.96. The summed E-state index contributed by atoms with van der Waals surface area (Å²) in [6.07, 6.45) is 1.85. The Hall–Kier alpha value is -1.13. The summed E-state index contributed by atoms with van der Waals surface area (Å²) in [7, 11) is 0. The molecule has 2 rings (SSSR count). The summed E-state index contributed by atoms with van der Waals surface area (Å²) in [5.41, 5.74) is 1.85. The Bertz CT molecular complexity index is 476.